The van der Waals surface area contributed by atoms with Gasteiger partial charge in [0.05, 0.1) is 6.42 Å². The van der Waals surface area contributed by atoms with Gasteiger partial charge in [-0.15, -0.1) is 4.91 Å². The van der Waals surface area contributed by atoms with E-state index in [9.17, 15) is 14.5 Å². The van der Waals surface area contributed by atoms with Gasteiger partial charge in [-0.05, 0) is 49.9 Å². The zero-order valence-electron chi connectivity index (χ0n) is 18.9. The first kappa shape index (κ1) is 23.6. The summed E-state index contributed by atoms with van der Waals surface area (Å²) in [5, 5.41) is 6.41. The summed E-state index contributed by atoms with van der Waals surface area (Å²) in [5.74, 6) is -0.663. The molecule has 0 bridgehead atoms. The highest BCUT2D eigenvalue weighted by atomic mass is 16.6. The largest absolute Gasteiger partial charge is 0.459 e. The third-order valence-electron chi connectivity index (χ3n) is 5.30. The maximum atomic E-state index is 13.5. The first-order valence-electron chi connectivity index (χ1n) is 11.0. The maximum absolute atomic E-state index is 13.5. The Labute approximate surface area is 189 Å². The summed E-state index contributed by atoms with van der Waals surface area (Å²) in [5.41, 5.74) is 1.08. The van der Waals surface area contributed by atoms with Crippen LogP contribution in [0.15, 0.2) is 65.8 Å². The second-order valence-electron chi connectivity index (χ2n) is 9.03. The zero-order chi connectivity index (χ0) is 23.1. The van der Waals surface area contributed by atoms with Gasteiger partial charge in [0.1, 0.15) is 11.6 Å². The number of ether oxygens (including phenoxy) is 1. The molecule has 1 aliphatic heterocycles. The van der Waals surface area contributed by atoms with Crippen molar-refractivity contribution in [3.63, 3.8) is 0 Å². The molecular weight excluding hydrogens is 406 g/mol. The fraction of sp³-hybridized carbons (Fsp3) is 0.440. The Bertz CT molecular complexity index is 912. The van der Waals surface area contributed by atoms with Crippen LogP contribution >= 0.6 is 0 Å². The minimum absolute atomic E-state index is 0.110. The summed E-state index contributed by atoms with van der Waals surface area (Å²) in [6.07, 6.45) is 0.690. The molecule has 0 spiro atoms. The molecule has 7 heteroatoms. The number of rotatable bonds is 8. The fourth-order valence-electron chi connectivity index (χ4n) is 3.94. The van der Waals surface area contributed by atoms with Crippen molar-refractivity contribution in [2.24, 2.45) is 5.18 Å². The lowest BCUT2D eigenvalue weighted by molar-refractivity contribution is -0.175. The van der Waals surface area contributed by atoms with Crippen molar-refractivity contribution in [2.75, 3.05) is 6.54 Å². The molecular formula is C25H31N3O4. The summed E-state index contributed by atoms with van der Waals surface area (Å²) < 4.78 is 5.60. The van der Waals surface area contributed by atoms with E-state index in [2.05, 4.69) is 5.18 Å². The van der Waals surface area contributed by atoms with E-state index in [4.69, 9.17) is 4.74 Å². The summed E-state index contributed by atoms with van der Waals surface area (Å²) in [4.78, 5) is 38.4. The summed E-state index contributed by atoms with van der Waals surface area (Å²) in [6, 6.07) is 18.2. The van der Waals surface area contributed by atoms with E-state index >= 15 is 0 Å². The molecule has 2 atom stereocenters. The zero-order valence-corrected chi connectivity index (χ0v) is 18.9. The normalized spacial score (nSPS) is 17.5. The molecule has 2 aromatic carbocycles. The number of hydrogen-bond acceptors (Lipinski definition) is 6. The number of carbonyl (C=O) groups excluding carboxylic acids is 2. The Morgan fingerprint density at radius 3 is 2.22 bits per heavy atom. The predicted octanol–water partition coefficient (Wildman–Crippen LogP) is 4.11. The van der Waals surface area contributed by atoms with E-state index in [1.807, 2.05) is 81.4 Å². The highest BCUT2D eigenvalue weighted by Crippen LogP contribution is 2.26. The van der Waals surface area contributed by atoms with Crippen LogP contribution in [0.1, 0.15) is 44.7 Å². The molecule has 170 valence electrons. The van der Waals surface area contributed by atoms with Crippen molar-refractivity contribution in [1.82, 2.24) is 10.0 Å². The van der Waals surface area contributed by atoms with Crippen LogP contribution in [0.5, 0.6) is 0 Å². The highest BCUT2D eigenvalue weighted by Gasteiger charge is 2.42. The third kappa shape index (κ3) is 6.23. The molecule has 1 saturated heterocycles. The lowest BCUT2D eigenvalue weighted by atomic mass is 10.1. The molecule has 1 fully saturated rings. The Kier molecular flexibility index (Phi) is 7.75. The van der Waals surface area contributed by atoms with E-state index in [1.165, 1.54) is 5.01 Å². The van der Waals surface area contributed by atoms with Crippen LogP contribution in [0.4, 0.5) is 0 Å². The van der Waals surface area contributed by atoms with Gasteiger partial charge >= 0.3 is 5.97 Å². The van der Waals surface area contributed by atoms with Crippen LogP contribution in [0.3, 0.4) is 0 Å². The van der Waals surface area contributed by atoms with Crippen LogP contribution in [0, 0.1) is 4.91 Å². The van der Waals surface area contributed by atoms with Gasteiger partial charge in [-0.1, -0.05) is 60.7 Å². The van der Waals surface area contributed by atoms with Gasteiger partial charge in [0.25, 0.3) is 0 Å². The van der Waals surface area contributed by atoms with Crippen molar-refractivity contribution in [3.05, 3.63) is 76.7 Å². The van der Waals surface area contributed by atoms with E-state index < -0.39 is 23.8 Å². The number of benzene rings is 2. The highest BCUT2D eigenvalue weighted by molar-refractivity contribution is 5.81. The Balaban J connectivity index is 1.90. The van der Waals surface area contributed by atoms with Crippen LogP contribution in [-0.2, 0) is 27.2 Å². The number of hydrazine groups is 1. The molecule has 0 aromatic heterocycles. The monoisotopic (exact) mass is 437 g/mol. The molecule has 1 heterocycles. The van der Waals surface area contributed by atoms with E-state index in [1.54, 1.807) is 5.01 Å². The number of nitroso groups, excluding NO2 is 1. The lowest BCUT2D eigenvalue weighted by Gasteiger charge is -2.38. The lowest BCUT2D eigenvalue weighted by Crippen LogP contribution is -2.57. The predicted molar refractivity (Wildman–Crippen MR) is 122 cm³/mol. The van der Waals surface area contributed by atoms with E-state index in [0.29, 0.717) is 13.0 Å². The minimum Gasteiger partial charge on any atom is -0.459 e. The Morgan fingerprint density at radius 1 is 1.06 bits per heavy atom. The van der Waals surface area contributed by atoms with Gasteiger partial charge in [0, 0.05) is 13.0 Å². The average molecular weight is 438 g/mol. The molecule has 7 nitrogen and oxygen atoms in total. The quantitative estimate of drug-likeness (QED) is 0.459. The summed E-state index contributed by atoms with van der Waals surface area (Å²) in [7, 11) is 0. The molecule has 0 N–H and O–H groups in total. The second kappa shape index (κ2) is 10.5. The number of hydrogen-bond donors (Lipinski definition) is 0. The van der Waals surface area contributed by atoms with E-state index in [-0.39, 0.29) is 18.7 Å². The van der Waals surface area contributed by atoms with Gasteiger partial charge in [0.15, 0.2) is 6.17 Å². The molecule has 2 unspecified atom stereocenters. The van der Waals surface area contributed by atoms with Crippen molar-refractivity contribution in [1.29, 1.82) is 0 Å². The van der Waals surface area contributed by atoms with Crippen molar-refractivity contribution >= 4 is 11.9 Å². The standard InChI is InChI=1S/C25H31N3O4/c1-25(2,3)32-24(30)21-15-10-16-27(21)28(23(29)18-20-13-8-5-9-14-20)22(26-31)17-19-11-6-4-7-12-19/h4-9,11-14,21-22H,10,15-18H2,1-3H3. The average Bonchev–Trinajstić information content (AvgIpc) is 3.23. The molecule has 0 aliphatic carbocycles. The number of esters is 1. The molecule has 1 amide bonds. The summed E-state index contributed by atoms with van der Waals surface area (Å²) in [6.45, 7) is 5.92. The van der Waals surface area contributed by atoms with Gasteiger partial charge in [0.2, 0.25) is 5.91 Å². The first-order valence-corrected chi connectivity index (χ1v) is 11.0. The number of carbonyl (C=O) groups is 2. The molecule has 0 saturated carbocycles. The number of amides is 1. The van der Waals surface area contributed by atoms with Gasteiger partial charge < -0.3 is 4.74 Å². The van der Waals surface area contributed by atoms with Crippen molar-refractivity contribution in [2.45, 2.75) is 64.3 Å². The first-order chi connectivity index (χ1) is 15.3. The topological polar surface area (TPSA) is 79.3 Å². The molecule has 32 heavy (non-hydrogen) atoms. The van der Waals surface area contributed by atoms with Crippen LogP contribution < -0.4 is 0 Å². The van der Waals surface area contributed by atoms with Gasteiger partial charge in [-0.2, -0.15) is 0 Å². The summed E-state index contributed by atoms with van der Waals surface area (Å²) >= 11 is 0. The van der Waals surface area contributed by atoms with Gasteiger partial charge in [-0.25, -0.2) is 10.0 Å². The van der Waals surface area contributed by atoms with Crippen molar-refractivity contribution in [3.8, 4) is 0 Å². The fourth-order valence-corrected chi connectivity index (χ4v) is 3.94. The maximum Gasteiger partial charge on any atom is 0.325 e. The Morgan fingerprint density at radius 2 is 1.66 bits per heavy atom. The van der Waals surface area contributed by atoms with E-state index in [0.717, 1.165) is 17.5 Å². The van der Waals surface area contributed by atoms with Crippen molar-refractivity contribution < 1.29 is 14.3 Å². The molecule has 0 radical (unpaired) electrons. The molecule has 2 aromatic rings. The third-order valence-corrected chi connectivity index (χ3v) is 5.30. The molecule has 1 aliphatic rings. The van der Waals surface area contributed by atoms with Crippen LogP contribution in [0.2, 0.25) is 0 Å². The Hall–Kier alpha value is -3.06. The van der Waals surface area contributed by atoms with Gasteiger partial charge in [-0.3, -0.25) is 9.59 Å². The minimum atomic E-state index is -0.961. The van der Waals surface area contributed by atoms with Crippen LogP contribution in [0.25, 0.3) is 0 Å². The SMILES string of the molecule is CC(C)(C)OC(=O)C1CCCN1N(C(=O)Cc1ccccc1)C(Cc1ccccc1)N=O. The smallest absolute Gasteiger partial charge is 0.325 e. The number of nitrogens with zero attached hydrogens (tertiary/aromatic N) is 3. The second-order valence-corrected chi connectivity index (χ2v) is 9.03. The molecule has 3 rings (SSSR count). The van der Waals surface area contributed by atoms with Crippen LogP contribution in [-0.4, -0.2) is 46.2 Å².